The molecule has 0 amide bonds. The Hall–Kier alpha value is -7.40. The van der Waals surface area contributed by atoms with Gasteiger partial charge in [0.25, 0.3) is 40.5 Å². The van der Waals surface area contributed by atoms with Crippen molar-refractivity contribution in [2.75, 3.05) is 50.2 Å². The lowest BCUT2D eigenvalue weighted by Gasteiger charge is -2.56. The summed E-state index contributed by atoms with van der Waals surface area (Å²) in [5.41, 5.74) is 2.03. The zero-order valence-electron chi connectivity index (χ0n) is 74.5. The van der Waals surface area contributed by atoms with Gasteiger partial charge in [-0.2, -0.15) is 33.7 Å². The first-order valence-corrected chi connectivity index (χ1v) is 55.8. The summed E-state index contributed by atoms with van der Waals surface area (Å²) in [6.07, 6.45) is 28.6. The Morgan fingerprint density at radius 3 is 0.685 bits per heavy atom. The average Bonchev–Trinajstić information content (AvgIpc) is 0.719. The van der Waals surface area contributed by atoms with Crippen molar-refractivity contribution in [2.24, 2.45) is 92.7 Å². The van der Waals surface area contributed by atoms with E-state index in [-0.39, 0.29) is 72.7 Å². The van der Waals surface area contributed by atoms with E-state index < -0.39 is 96.9 Å². The Balaban J connectivity index is 0.000000182. The smallest absolute Gasteiger partial charge is 0.309 e. The summed E-state index contributed by atoms with van der Waals surface area (Å²) >= 11 is 0. The Morgan fingerprint density at radius 2 is 0.485 bits per heavy atom. The molecule has 16 aliphatic rings. The zero-order valence-corrected chi connectivity index (χ0v) is 79.4. The topological polar surface area (TPSA) is 316 Å². The largest absolute Gasteiger partial charge is 0.457 e. The fourth-order valence-electron chi connectivity index (χ4n) is 27.8. The molecule has 0 N–H and O–H groups in total. The van der Waals surface area contributed by atoms with Gasteiger partial charge < -0.3 is 37.9 Å². The molecule has 32 heteroatoms. The molecule has 22 rings (SSSR count). The van der Waals surface area contributed by atoms with E-state index in [0.29, 0.717) is 171 Å². The zero-order chi connectivity index (χ0) is 91.2. The van der Waals surface area contributed by atoms with Crippen LogP contribution in [0.15, 0.2) is 163 Å². The van der Waals surface area contributed by atoms with Gasteiger partial charge in [0.05, 0.1) is 48.7 Å². The van der Waals surface area contributed by atoms with E-state index in [0.717, 1.165) is 77.0 Å². The van der Waals surface area contributed by atoms with Crippen LogP contribution in [-0.4, -0.2) is 108 Å². The maximum absolute atomic E-state index is 14.2. The minimum absolute atomic E-state index is 0.00192. The maximum Gasteiger partial charge on any atom is 0.309 e. The maximum atomic E-state index is 14.2. The predicted molar refractivity (Wildman–Crippen MR) is 481 cm³/mol. The number of carbonyl (C=O) groups is 4. The van der Waals surface area contributed by atoms with E-state index in [1.54, 1.807) is 161 Å². The van der Waals surface area contributed by atoms with E-state index in [1.807, 2.05) is 0 Å². The van der Waals surface area contributed by atoms with Gasteiger partial charge in [0.1, 0.15) is 23.0 Å². The third-order valence-corrected chi connectivity index (χ3v) is 43.9. The molecule has 0 radical (unpaired) electrons. The minimum Gasteiger partial charge on any atom is -0.457 e. The molecule has 6 aromatic carbocycles. The van der Waals surface area contributed by atoms with Gasteiger partial charge in [-0.15, -0.1) is 0 Å². The van der Waals surface area contributed by atoms with Crippen molar-refractivity contribution in [1.82, 2.24) is 0 Å². The van der Waals surface area contributed by atoms with Crippen molar-refractivity contribution in [3.63, 3.8) is 0 Å². The van der Waals surface area contributed by atoms with Gasteiger partial charge in [-0.3, -0.25) is 19.2 Å². The summed E-state index contributed by atoms with van der Waals surface area (Å²) in [6.45, 7) is 5.68. The number of hydrogen-bond donors (Lipinski definition) is 0. The van der Waals surface area contributed by atoms with E-state index in [4.69, 9.17) is 45.2 Å². The summed E-state index contributed by atoms with van der Waals surface area (Å²) in [5, 5.41) is 0. The van der Waals surface area contributed by atoms with Gasteiger partial charge in [0.15, 0.2) is 0 Å². The van der Waals surface area contributed by atoms with Crippen LogP contribution in [0.3, 0.4) is 0 Å². The molecule has 24 nitrogen and oxygen atoms in total. The summed E-state index contributed by atoms with van der Waals surface area (Å²) in [6, 6.07) is 38.3. The molecule has 0 aromatic heterocycles. The van der Waals surface area contributed by atoms with Crippen LogP contribution in [0.5, 0.6) is 23.0 Å². The Morgan fingerprint density at radius 1 is 0.285 bits per heavy atom. The van der Waals surface area contributed by atoms with Crippen LogP contribution in [-0.2, 0) is 94.6 Å². The number of carbonyl (C=O) groups excluding carboxylic acids is 4. The Bertz CT molecular complexity index is 4930. The van der Waals surface area contributed by atoms with Crippen molar-refractivity contribution < 1.29 is 116 Å². The molecule has 0 aliphatic heterocycles. The molecule has 708 valence electrons. The molecule has 0 saturated heterocycles. The number of ether oxygens (including phenoxy) is 8. The molecule has 6 aromatic rings. The predicted octanol–water partition coefficient (Wildman–Crippen LogP) is 20.9. The van der Waals surface area contributed by atoms with Crippen molar-refractivity contribution >= 4 is 85.0 Å². The second kappa shape index (κ2) is 38.4. The fraction of sp³-hybridized carbons (Fsp3) is 0.592. The van der Waals surface area contributed by atoms with E-state index >= 15 is 0 Å². The van der Waals surface area contributed by atoms with Gasteiger partial charge in [-0.25, -0.2) is 7.26 Å². The molecule has 16 fully saturated rings. The van der Waals surface area contributed by atoms with E-state index in [2.05, 4.69) is 8.78 Å². The van der Waals surface area contributed by atoms with Gasteiger partial charge in [0, 0.05) is 51.6 Å². The highest BCUT2D eigenvalue weighted by molar-refractivity contribution is 8.33. The summed E-state index contributed by atoms with van der Waals surface area (Å²) in [5.74, 6) is 5.13. The van der Waals surface area contributed by atoms with Gasteiger partial charge in [0.2, 0.25) is 27.2 Å². The van der Waals surface area contributed by atoms with Crippen LogP contribution in [0.1, 0.15) is 215 Å². The molecule has 130 heavy (non-hydrogen) atoms. The lowest BCUT2D eigenvalue weighted by molar-refractivity contribution is -0.159. The Kier molecular flexibility index (Phi) is 27.9. The molecule has 0 heterocycles. The second-order valence-electron chi connectivity index (χ2n) is 40.8. The van der Waals surface area contributed by atoms with Gasteiger partial charge in [-0.05, 0) is 390 Å². The molecule has 16 aliphatic carbocycles. The number of hydrogen-bond acceptors (Lipinski definition) is 24. The highest BCUT2D eigenvalue weighted by atomic mass is 32.3. The van der Waals surface area contributed by atoms with Crippen LogP contribution in [0.4, 0.5) is 9.05 Å². The normalized spacial score (nSPS) is 30.1. The van der Waals surface area contributed by atoms with Gasteiger partial charge >= 0.3 is 23.9 Å². The molecule has 0 spiro atoms. The lowest BCUT2D eigenvalue weighted by Crippen LogP contribution is -2.47. The molecule has 16 bridgehead atoms. The summed E-state index contributed by atoms with van der Waals surface area (Å²) in [4.78, 5) is 56.1. The van der Waals surface area contributed by atoms with Crippen molar-refractivity contribution in [3.05, 3.63) is 156 Å². The highest BCUT2D eigenvalue weighted by Crippen LogP contribution is 2.75. The van der Waals surface area contributed by atoms with Crippen LogP contribution in [0.2, 0.25) is 0 Å². The van der Waals surface area contributed by atoms with Crippen molar-refractivity contribution in [1.29, 1.82) is 0 Å². The lowest BCUT2D eigenvalue weighted by atomic mass is 9.49. The number of esters is 4. The molecule has 16 saturated carbocycles. The molecule has 0 unspecified atom stereocenters. The van der Waals surface area contributed by atoms with Crippen LogP contribution < -0.4 is 18.9 Å². The summed E-state index contributed by atoms with van der Waals surface area (Å²) < 4.78 is 197. The number of benzene rings is 6. The monoisotopic (exact) mass is 1910 g/mol. The standard InChI is InChI=1S/2C49H61FO12S3/c2*1-33-42(57-31-59-46(51)29-48-23-35-17-36(24-48)19-37(18-35)25-48)11-6-13-44(33)65(41-9-4-3-5-10-41,62-64(55,56)16-8-15-63(53,54)61-50)45-14-7-12-43(34(45)2)58-32-60-47(52)30-49-26-38-20-39(27-49)22-40(21-38)28-49/h2*3-7,9-14,35-40H,8,15-32H2,1-2H3. The first-order chi connectivity index (χ1) is 62.1. The molecular formula is C98H122F2O24S6. The van der Waals surface area contributed by atoms with E-state index in [9.17, 15) is 61.9 Å². The van der Waals surface area contributed by atoms with Crippen molar-refractivity contribution in [3.8, 4) is 23.0 Å². The summed E-state index contributed by atoms with van der Waals surface area (Å²) in [7, 11) is -25.1. The van der Waals surface area contributed by atoms with E-state index in [1.165, 1.54) is 77.0 Å². The third-order valence-electron chi connectivity index (χ3n) is 31.0. The van der Waals surface area contributed by atoms with Crippen LogP contribution >= 0.6 is 20.6 Å². The Labute approximate surface area is 766 Å². The average molecular weight is 1910 g/mol. The van der Waals surface area contributed by atoms with Crippen LogP contribution in [0.25, 0.3) is 0 Å². The first-order valence-electron chi connectivity index (χ1n) is 46.3. The SMILES string of the molecule is Cc1c(OCOC(=O)CC23CC4CC(CC(C4)C2)C3)cccc1S(OS(=O)(=O)CCCS(=O)(=O)OF)(c1ccccc1)c1cccc(OCOC(=O)CC23CC4CC(CC(C4)C2)C3)c1C.Cc1c(OCOC(=O)CC23CC4CC(CC(C4)C2)C3)cccc1S(OS(=O)(=O)CCCS(=O)(=O)OF)(c1ccccc1)c1cccc(OCOC(=O)CC23CC4CC(CC(C4)C2)C3)c1C. The fourth-order valence-corrected chi connectivity index (χ4v) is 40.9. The third kappa shape index (κ3) is 21.0. The number of rotatable bonds is 40. The number of halogens is 2. The first kappa shape index (κ1) is 94.4. The van der Waals surface area contributed by atoms with Gasteiger partial charge in [-0.1, -0.05) is 69.4 Å². The highest BCUT2D eigenvalue weighted by Gasteiger charge is 2.57. The quantitative estimate of drug-likeness (QED) is 0.0196. The van der Waals surface area contributed by atoms with Crippen LogP contribution in [0, 0.1) is 120 Å². The molecular weight excluding hydrogens is 1790 g/mol. The second-order valence-corrected chi connectivity index (χ2v) is 53.1. The molecule has 0 atom stereocenters. The minimum atomic E-state index is -4.61. The van der Waals surface area contributed by atoms with Crippen molar-refractivity contribution in [2.45, 2.75) is 250 Å².